The molecule has 2 heteroatoms. The first-order valence-corrected chi connectivity index (χ1v) is 7.62. The Morgan fingerprint density at radius 3 is 2.58 bits per heavy atom. The normalized spacial score (nSPS) is 24.3. The second kappa shape index (κ2) is 4.52. The lowest BCUT2D eigenvalue weighted by Gasteiger charge is -2.33. The van der Waals surface area contributed by atoms with Crippen LogP contribution in [-0.2, 0) is 6.42 Å². The van der Waals surface area contributed by atoms with Gasteiger partial charge in [-0.15, -0.1) is 0 Å². The van der Waals surface area contributed by atoms with Gasteiger partial charge in [-0.2, -0.15) is 0 Å². The summed E-state index contributed by atoms with van der Waals surface area (Å²) in [5.41, 5.74) is 3.69. The fraction of sp³-hybridized carbons (Fsp3) is 0.647. The number of hydrogen-bond donors (Lipinski definition) is 1. The molecule has 2 aliphatic rings. The van der Waals surface area contributed by atoms with E-state index in [-0.39, 0.29) is 5.54 Å². The molecule has 2 nitrogen and oxygen atoms in total. The van der Waals surface area contributed by atoms with Crippen molar-refractivity contribution in [2.24, 2.45) is 5.41 Å². The van der Waals surface area contributed by atoms with Crippen molar-refractivity contribution in [1.82, 2.24) is 5.32 Å². The van der Waals surface area contributed by atoms with E-state index < -0.39 is 0 Å². The number of rotatable bonds is 2. The summed E-state index contributed by atoms with van der Waals surface area (Å²) in [7, 11) is 0. The lowest BCUT2D eigenvalue weighted by molar-refractivity contribution is 0.389. The molecule has 0 amide bonds. The van der Waals surface area contributed by atoms with Crippen LogP contribution < -0.4 is 10.2 Å². The molecule has 1 saturated carbocycles. The van der Waals surface area contributed by atoms with Gasteiger partial charge < -0.3 is 10.2 Å². The molecule has 1 saturated heterocycles. The van der Waals surface area contributed by atoms with Gasteiger partial charge in [-0.1, -0.05) is 25.1 Å². The van der Waals surface area contributed by atoms with Crippen molar-refractivity contribution in [3.8, 4) is 0 Å². The molecule has 1 heterocycles. The van der Waals surface area contributed by atoms with E-state index in [0.717, 1.165) is 13.0 Å². The first-order chi connectivity index (χ1) is 9.04. The largest absolute Gasteiger partial charge is 0.369 e. The van der Waals surface area contributed by atoms with E-state index in [4.69, 9.17) is 0 Å². The first kappa shape index (κ1) is 13.0. The Bertz CT molecular complexity index is 452. The maximum atomic E-state index is 3.77. The molecule has 0 unspecified atom stereocenters. The molecular weight excluding hydrogens is 232 g/mol. The van der Waals surface area contributed by atoms with Crippen molar-refractivity contribution >= 4 is 5.69 Å². The second-order valence-corrected chi connectivity index (χ2v) is 7.08. The number of aryl methyl sites for hydroxylation is 1. The third-order valence-corrected chi connectivity index (χ3v) is 4.72. The summed E-state index contributed by atoms with van der Waals surface area (Å²) in [5.74, 6) is 0. The fourth-order valence-electron chi connectivity index (χ4n) is 3.28. The van der Waals surface area contributed by atoms with Gasteiger partial charge in [0.1, 0.15) is 0 Å². The van der Waals surface area contributed by atoms with Crippen molar-refractivity contribution in [3.63, 3.8) is 0 Å². The van der Waals surface area contributed by atoms with Gasteiger partial charge in [0.15, 0.2) is 0 Å². The number of nitrogens with one attached hydrogen (secondary N) is 1. The summed E-state index contributed by atoms with van der Waals surface area (Å²) in [5, 5.41) is 3.77. The molecule has 19 heavy (non-hydrogen) atoms. The molecule has 1 aromatic rings. The predicted octanol–water partition coefficient (Wildman–Crippen LogP) is 3.22. The Labute approximate surface area is 117 Å². The standard InChI is InChI=1S/C17H26N2/c1-4-14-7-5-6-8-15(14)19-12-16(2,3)18-11-17(13-19)9-10-17/h5-8,18H,4,9-13H2,1-3H3. The number of nitrogens with zero attached hydrogens (tertiary/aromatic N) is 1. The molecule has 1 N–H and O–H groups in total. The Morgan fingerprint density at radius 1 is 1.16 bits per heavy atom. The van der Waals surface area contributed by atoms with Crippen LogP contribution in [0.4, 0.5) is 5.69 Å². The minimum Gasteiger partial charge on any atom is -0.369 e. The maximum Gasteiger partial charge on any atom is 0.0399 e. The zero-order valence-corrected chi connectivity index (χ0v) is 12.5. The Kier molecular flexibility index (Phi) is 3.09. The van der Waals surface area contributed by atoms with Gasteiger partial charge in [-0.05, 0) is 44.7 Å². The highest BCUT2D eigenvalue weighted by Gasteiger charge is 2.47. The molecule has 1 aliphatic carbocycles. The Balaban J connectivity index is 1.92. The predicted molar refractivity (Wildman–Crippen MR) is 81.8 cm³/mol. The SMILES string of the molecule is CCc1ccccc1N1CC2(CC2)CNC(C)(C)C1. The Morgan fingerprint density at radius 2 is 1.89 bits per heavy atom. The van der Waals surface area contributed by atoms with Gasteiger partial charge in [-0.25, -0.2) is 0 Å². The summed E-state index contributed by atoms with van der Waals surface area (Å²) in [6.07, 6.45) is 3.90. The highest BCUT2D eigenvalue weighted by atomic mass is 15.2. The van der Waals surface area contributed by atoms with Crippen LogP contribution in [0.3, 0.4) is 0 Å². The smallest absolute Gasteiger partial charge is 0.0399 e. The third kappa shape index (κ3) is 2.64. The van der Waals surface area contributed by atoms with Gasteiger partial charge in [0.05, 0.1) is 0 Å². The summed E-state index contributed by atoms with van der Waals surface area (Å²) in [6.45, 7) is 10.4. The van der Waals surface area contributed by atoms with Gasteiger partial charge in [0.25, 0.3) is 0 Å². The summed E-state index contributed by atoms with van der Waals surface area (Å²) in [6, 6.07) is 8.92. The van der Waals surface area contributed by atoms with Gasteiger partial charge >= 0.3 is 0 Å². The van der Waals surface area contributed by atoms with Crippen LogP contribution in [0.1, 0.15) is 39.2 Å². The summed E-state index contributed by atoms with van der Waals surface area (Å²) < 4.78 is 0. The van der Waals surface area contributed by atoms with Crippen molar-refractivity contribution in [2.75, 3.05) is 24.5 Å². The zero-order chi connectivity index (χ0) is 13.5. The van der Waals surface area contributed by atoms with Crippen LogP contribution in [0.15, 0.2) is 24.3 Å². The quantitative estimate of drug-likeness (QED) is 0.876. The van der Waals surface area contributed by atoms with E-state index in [0.29, 0.717) is 5.41 Å². The van der Waals surface area contributed by atoms with Crippen LogP contribution in [0, 0.1) is 5.41 Å². The van der Waals surface area contributed by atoms with Crippen molar-refractivity contribution < 1.29 is 0 Å². The molecule has 0 radical (unpaired) electrons. The molecule has 2 fully saturated rings. The average Bonchev–Trinajstić information content (AvgIpc) is 3.17. The van der Waals surface area contributed by atoms with E-state index in [1.54, 1.807) is 0 Å². The van der Waals surface area contributed by atoms with Gasteiger partial charge in [0, 0.05) is 36.3 Å². The molecule has 1 aromatic carbocycles. The van der Waals surface area contributed by atoms with Crippen LogP contribution in [0.25, 0.3) is 0 Å². The number of benzene rings is 1. The average molecular weight is 258 g/mol. The number of para-hydroxylation sites is 1. The molecule has 1 aliphatic heterocycles. The topological polar surface area (TPSA) is 15.3 Å². The minimum atomic E-state index is 0.201. The molecule has 104 valence electrons. The maximum absolute atomic E-state index is 3.77. The fourth-order valence-corrected chi connectivity index (χ4v) is 3.28. The highest BCUT2D eigenvalue weighted by Crippen LogP contribution is 2.48. The lowest BCUT2D eigenvalue weighted by Crippen LogP contribution is -2.46. The van der Waals surface area contributed by atoms with E-state index in [1.165, 1.54) is 37.2 Å². The molecular formula is C17H26N2. The molecule has 0 atom stereocenters. The van der Waals surface area contributed by atoms with E-state index in [2.05, 4.69) is 55.3 Å². The molecule has 0 aromatic heterocycles. The summed E-state index contributed by atoms with van der Waals surface area (Å²) >= 11 is 0. The van der Waals surface area contributed by atoms with E-state index in [1.807, 2.05) is 0 Å². The molecule has 3 rings (SSSR count). The van der Waals surface area contributed by atoms with Crippen molar-refractivity contribution in [3.05, 3.63) is 29.8 Å². The minimum absolute atomic E-state index is 0.201. The lowest BCUT2D eigenvalue weighted by atomic mass is 10.0. The second-order valence-electron chi connectivity index (χ2n) is 7.08. The molecule has 1 spiro atoms. The summed E-state index contributed by atoms with van der Waals surface area (Å²) in [4.78, 5) is 2.63. The highest BCUT2D eigenvalue weighted by molar-refractivity contribution is 5.54. The first-order valence-electron chi connectivity index (χ1n) is 7.62. The van der Waals surface area contributed by atoms with Crippen LogP contribution in [0.5, 0.6) is 0 Å². The Hall–Kier alpha value is -1.02. The van der Waals surface area contributed by atoms with Gasteiger partial charge in [0.2, 0.25) is 0 Å². The van der Waals surface area contributed by atoms with Crippen molar-refractivity contribution in [2.45, 2.75) is 45.6 Å². The van der Waals surface area contributed by atoms with E-state index >= 15 is 0 Å². The molecule has 0 bridgehead atoms. The van der Waals surface area contributed by atoms with Gasteiger partial charge in [-0.3, -0.25) is 0 Å². The monoisotopic (exact) mass is 258 g/mol. The van der Waals surface area contributed by atoms with Crippen LogP contribution in [0.2, 0.25) is 0 Å². The third-order valence-electron chi connectivity index (χ3n) is 4.72. The van der Waals surface area contributed by atoms with Crippen molar-refractivity contribution in [1.29, 1.82) is 0 Å². The van der Waals surface area contributed by atoms with Crippen LogP contribution >= 0.6 is 0 Å². The number of anilines is 1. The number of hydrogen-bond acceptors (Lipinski definition) is 2. The zero-order valence-electron chi connectivity index (χ0n) is 12.5. The van der Waals surface area contributed by atoms with Crippen LogP contribution in [-0.4, -0.2) is 25.2 Å². The van der Waals surface area contributed by atoms with E-state index in [9.17, 15) is 0 Å².